The number of nitrogens with one attached hydrogen (secondary N) is 2. The topological polar surface area (TPSA) is 110 Å². The molecule has 9 nitrogen and oxygen atoms in total. The van der Waals surface area contributed by atoms with Crippen molar-refractivity contribution < 1.29 is 18.8 Å². The summed E-state index contributed by atoms with van der Waals surface area (Å²) in [7, 11) is 1.48. The number of anilines is 1. The Morgan fingerprint density at radius 1 is 1.30 bits per heavy atom. The van der Waals surface area contributed by atoms with E-state index in [1.807, 2.05) is 12.3 Å². The van der Waals surface area contributed by atoms with Gasteiger partial charge < -0.3 is 24.8 Å². The van der Waals surface area contributed by atoms with Crippen molar-refractivity contribution in [1.29, 1.82) is 0 Å². The Labute approximate surface area is 182 Å². The van der Waals surface area contributed by atoms with E-state index in [9.17, 15) is 9.59 Å². The number of fused-ring (bicyclic) bond motifs is 1. The number of amides is 2. The number of carbonyl (C=O) groups excluding carboxylic acids is 2. The normalized spacial score (nSPS) is 22.6. The first-order chi connectivity index (χ1) is 14.5. The molecule has 2 fully saturated rings. The van der Waals surface area contributed by atoms with Crippen LogP contribution in [0.1, 0.15) is 29.8 Å². The Morgan fingerprint density at radius 3 is 2.73 bits per heavy atom. The summed E-state index contributed by atoms with van der Waals surface area (Å²) in [5.41, 5.74) is 0.0603. The highest BCUT2D eigenvalue weighted by Gasteiger charge is 2.40. The van der Waals surface area contributed by atoms with Crippen LogP contribution in [0.3, 0.4) is 0 Å². The maximum Gasteiger partial charge on any atom is 0.415 e. The van der Waals surface area contributed by atoms with E-state index >= 15 is 0 Å². The summed E-state index contributed by atoms with van der Waals surface area (Å²) in [6.45, 7) is 2.63. The molecule has 2 aromatic rings. The number of carbonyl (C=O) groups is 2. The van der Waals surface area contributed by atoms with Crippen molar-refractivity contribution in [3.63, 3.8) is 0 Å². The third-order valence-corrected chi connectivity index (χ3v) is 6.32. The average Bonchev–Trinajstić information content (AvgIpc) is 3.43. The van der Waals surface area contributed by atoms with E-state index in [1.165, 1.54) is 26.0 Å². The van der Waals surface area contributed by atoms with Crippen LogP contribution in [0.15, 0.2) is 33.4 Å². The summed E-state index contributed by atoms with van der Waals surface area (Å²) in [6, 6.07) is 5.37. The molecule has 10 heteroatoms. The van der Waals surface area contributed by atoms with Crippen molar-refractivity contribution >= 4 is 33.7 Å². The number of aromatic nitrogens is 2. The molecule has 2 aliphatic rings. The van der Waals surface area contributed by atoms with Gasteiger partial charge in [0.05, 0.1) is 6.07 Å². The number of pyridine rings is 1. The Hall–Kier alpha value is -2.62. The van der Waals surface area contributed by atoms with Crippen LogP contribution >= 0.6 is 15.9 Å². The number of ether oxygens (including phenoxy) is 1. The van der Waals surface area contributed by atoms with Gasteiger partial charge >= 0.3 is 12.0 Å². The van der Waals surface area contributed by atoms with Crippen LogP contribution in [0.2, 0.25) is 0 Å². The third kappa shape index (κ3) is 4.75. The number of nitrogens with zero attached hydrogens (tertiary/aromatic N) is 3. The molecule has 30 heavy (non-hydrogen) atoms. The fraction of sp³-hybridized carbons (Fsp3) is 0.500. The van der Waals surface area contributed by atoms with Gasteiger partial charge in [-0.1, -0.05) is 5.16 Å². The lowest BCUT2D eigenvalue weighted by Crippen LogP contribution is -2.29. The van der Waals surface area contributed by atoms with Gasteiger partial charge in [-0.3, -0.25) is 4.79 Å². The summed E-state index contributed by atoms with van der Waals surface area (Å²) < 4.78 is 10.9. The first-order valence-electron chi connectivity index (χ1n) is 10.0. The molecular formula is C20H24BrN5O4. The van der Waals surface area contributed by atoms with Crippen LogP contribution in [0.25, 0.3) is 0 Å². The van der Waals surface area contributed by atoms with Gasteiger partial charge in [-0.05, 0) is 65.1 Å². The quantitative estimate of drug-likeness (QED) is 0.657. The summed E-state index contributed by atoms with van der Waals surface area (Å²) in [4.78, 5) is 30.2. The maximum absolute atomic E-state index is 11.9. The Balaban J connectivity index is 1.17. The van der Waals surface area contributed by atoms with Crippen LogP contribution in [-0.4, -0.2) is 48.8 Å². The summed E-state index contributed by atoms with van der Waals surface area (Å²) in [5, 5.41) is 8.71. The third-order valence-electron chi connectivity index (χ3n) is 5.85. The minimum absolute atomic E-state index is 0.0603. The maximum atomic E-state index is 11.9. The lowest BCUT2D eigenvalue weighted by Gasteiger charge is -2.20. The number of hydrogen-bond donors (Lipinski definition) is 2. The molecule has 0 radical (unpaired) electrons. The standard InChI is InChI=1S/C20H24BrN5O4/c1-22-19(27)16-8-18(30-25-16)29-20(28)23-5-4-12-6-13-10-26(11-14(13)7-12)17-3-2-15(21)9-24-17/h2-3,8-9,12-14H,4-7,10-11H2,1H3,(H,22,27)(H,23,28)/t12?,13-,14+. The van der Waals surface area contributed by atoms with Crippen LogP contribution in [0, 0.1) is 17.8 Å². The predicted octanol–water partition coefficient (Wildman–Crippen LogP) is 2.83. The molecule has 1 saturated carbocycles. The summed E-state index contributed by atoms with van der Waals surface area (Å²) in [5.74, 6) is 2.50. The van der Waals surface area contributed by atoms with Gasteiger partial charge in [-0.25, -0.2) is 9.78 Å². The van der Waals surface area contributed by atoms with Crippen LogP contribution in [0.5, 0.6) is 5.95 Å². The molecule has 0 aromatic carbocycles. The smallest absolute Gasteiger partial charge is 0.374 e. The molecule has 0 spiro atoms. The Kier molecular flexibility index (Phi) is 6.21. The second kappa shape index (κ2) is 9.03. The van der Waals surface area contributed by atoms with Crippen molar-refractivity contribution in [1.82, 2.24) is 20.8 Å². The van der Waals surface area contributed by atoms with Gasteiger partial charge in [0.1, 0.15) is 5.82 Å². The van der Waals surface area contributed by atoms with Crippen molar-refractivity contribution in [2.45, 2.75) is 19.3 Å². The van der Waals surface area contributed by atoms with Crippen LogP contribution in [-0.2, 0) is 0 Å². The monoisotopic (exact) mass is 477 g/mol. The van der Waals surface area contributed by atoms with Crippen LogP contribution < -0.4 is 20.3 Å². The van der Waals surface area contributed by atoms with Gasteiger partial charge in [0.25, 0.3) is 5.91 Å². The lowest BCUT2D eigenvalue weighted by molar-refractivity contribution is 0.0954. The Morgan fingerprint density at radius 2 is 2.07 bits per heavy atom. The SMILES string of the molecule is CNC(=O)c1cc(OC(=O)NCCC2C[C@@H]3CN(c4ccc(Br)cn4)C[C@@H]3C2)on1. The van der Waals surface area contributed by atoms with Crippen molar-refractivity contribution in [3.8, 4) is 5.95 Å². The molecule has 160 valence electrons. The first-order valence-corrected chi connectivity index (χ1v) is 10.8. The molecule has 2 amide bonds. The fourth-order valence-corrected chi connectivity index (χ4v) is 4.69. The second-order valence-electron chi connectivity index (χ2n) is 7.81. The van der Waals surface area contributed by atoms with Crippen molar-refractivity contribution in [3.05, 3.63) is 34.6 Å². The minimum Gasteiger partial charge on any atom is -0.374 e. The summed E-state index contributed by atoms with van der Waals surface area (Å²) >= 11 is 3.43. The van der Waals surface area contributed by atoms with Gasteiger partial charge in [-0.15, -0.1) is 0 Å². The van der Waals surface area contributed by atoms with E-state index < -0.39 is 12.0 Å². The molecule has 1 saturated heterocycles. The molecular weight excluding hydrogens is 454 g/mol. The van der Waals surface area contributed by atoms with Crippen LogP contribution in [0.4, 0.5) is 10.6 Å². The van der Waals surface area contributed by atoms with E-state index in [4.69, 9.17) is 9.26 Å². The number of hydrogen-bond acceptors (Lipinski definition) is 7. The molecule has 3 atom stereocenters. The molecule has 2 N–H and O–H groups in total. The second-order valence-corrected chi connectivity index (χ2v) is 8.73. The highest BCUT2D eigenvalue weighted by molar-refractivity contribution is 9.10. The van der Waals surface area contributed by atoms with E-state index in [0.29, 0.717) is 24.3 Å². The average molecular weight is 478 g/mol. The van der Waals surface area contributed by atoms with Gasteiger partial charge in [-0.2, -0.15) is 0 Å². The predicted molar refractivity (Wildman–Crippen MR) is 112 cm³/mol. The minimum atomic E-state index is -0.611. The van der Waals surface area contributed by atoms with E-state index in [2.05, 4.69) is 47.7 Å². The lowest BCUT2D eigenvalue weighted by atomic mass is 10.0. The Bertz CT molecular complexity index is 889. The fourth-order valence-electron chi connectivity index (χ4n) is 4.45. The molecule has 1 aliphatic heterocycles. The highest BCUT2D eigenvalue weighted by atomic mass is 79.9. The molecule has 0 bridgehead atoms. The summed E-state index contributed by atoms with van der Waals surface area (Å²) in [6.07, 6.45) is 4.49. The first kappa shape index (κ1) is 20.6. The zero-order valence-electron chi connectivity index (χ0n) is 16.6. The molecule has 4 rings (SSSR count). The zero-order valence-corrected chi connectivity index (χ0v) is 18.2. The van der Waals surface area contributed by atoms with Crippen molar-refractivity contribution in [2.75, 3.05) is 31.6 Å². The van der Waals surface area contributed by atoms with Crippen molar-refractivity contribution in [2.24, 2.45) is 17.8 Å². The molecule has 3 heterocycles. The molecule has 2 aromatic heterocycles. The van der Waals surface area contributed by atoms with Gasteiger partial charge in [0, 0.05) is 37.4 Å². The van der Waals surface area contributed by atoms with Gasteiger partial charge in [0.2, 0.25) is 0 Å². The van der Waals surface area contributed by atoms with E-state index in [1.54, 1.807) is 0 Å². The van der Waals surface area contributed by atoms with E-state index in [0.717, 1.165) is 29.8 Å². The van der Waals surface area contributed by atoms with E-state index in [-0.39, 0.29) is 11.6 Å². The largest absolute Gasteiger partial charge is 0.415 e. The number of halogens is 1. The van der Waals surface area contributed by atoms with Gasteiger partial charge in [0.15, 0.2) is 5.69 Å². The molecule has 1 unspecified atom stereocenters. The zero-order chi connectivity index (χ0) is 21.1. The highest BCUT2D eigenvalue weighted by Crippen LogP contribution is 2.43. The number of rotatable bonds is 6. The molecule has 1 aliphatic carbocycles.